The van der Waals surface area contributed by atoms with E-state index in [1.165, 1.54) is 0 Å². The van der Waals surface area contributed by atoms with E-state index in [0.29, 0.717) is 18.8 Å². The van der Waals surface area contributed by atoms with E-state index in [2.05, 4.69) is 10.6 Å². The summed E-state index contributed by atoms with van der Waals surface area (Å²) in [4.78, 5) is 22.8. The number of hydrogen-bond acceptors (Lipinski definition) is 4. The number of carbonyl (C=O) groups excluding carboxylic acids is 2. The van der Waals surface area contributed by atoms with Crippen molar-refractivity contribution in [1.29, 1.82) is 0 Å². The minimum atomic E-state index is -0.497. The van der Waals surface area contributed by atoms with Gasteiger partial charge in [-0.2, -0.15) is 0 Å². The van der Waals surface area contributed by atoms with E-state index in [-0.39, 0.29) is 6.61 Å². The zero-order valence-electron chi connectivity index (χ0n) is 11.6. The van der Waals surface area contributed by atoms with Crippen LogP contribution in [0.4, 0.5) is 4.79 Å². The average molecular weight is 279 g/mol. The van der Waals surface area contributed by atoms with Crippen LogP contribution in [0.2, 0.25) is 0 Å². The van der Waals surface area contributed by atoms with Crippen LogP contribution in [0, 0.1) is 0 Å². The van der Waals surface area contributed by atoms with Crippen LogP contribution >= 0.6 is 0 Å². The summed E-state index contributed by atoms with van der Waals surface area (Å²) in [7, 11) is 0. The van der Waals surface area contributed by atoms with Gasteiger partial charge in [0, 0.05) is 13.1 Å². The summed E-state index contributed by atoms with van der Waals surface area (Å²) in [6, 6.07) is 6.66. The second-order valence-electron chi connectivity index (χ2n) is 4.30. The maximum Gasteiger partial charge on any atom is 0.321 e. The molecule has 0 spiro atoms. The Labute approximate surface area is 118 Å². The highest BCUT2D eigenvalue weighted by atomic mass is 16.5. The number of rotatable bonds is 7. The van der Waals surface area contributed by atoms with Gasteiger partial charge in [0.2, 0.25) is 0 Å². The quantitative estimate of drug-likeness (QED) is 0.653. The molecule has 1 rings (SSSR count). The summed E-state index contributed by atoms with van der Waals surface area (Å²) in [5.74, 6) is 0.0617. The molecule has 0 saturated heterocycles. The van der Waals surface area contributed by atoms with Gasteiger partial charge in [-0.1, -0.05) is 25.5 Å². The molecule has 20 heavy (non-hydrogen) atoms. The molecule has 4 N–H and O–H groups in total. The Balaban J connectivity index is 2.30. The fraction of sp³-hybridized carbons (Fsp3) is 0.429. The molecule has 1 aromatic carbocycles. The molecule has 0 aliphatic rings. The Kier molecular flexibility index (Phi) is 7.13. The first-order valence-corrected chi connectivity index (χ1v) is 6.65. The van der Waals surface area contributed by atoms with Crippen molar-refractivity contribution in [3.63, 3.8) is 0 Å². The average Bonchev–Trinajstić information content (AvgIpc) is 2.45. The third-order valence-electron chi connectivity index (χ3n) is 2.57. The molecule has 6 heteroatoms. The van der Waals surface area contributed by atoms with Gasteiger partial charge in [0.05, 0.1) is 0 Å². The SMILES string of the molecule is CCCCNC(=O)NC(=O)COc1cccc(CN)c1. The molecule has 0 aromatic heterocycles. The number of amides is 3. The van der Waals surface area contributed by atoms with Crippen molar-refractivity contribution < 1.29 is 14.3 Å². The van der Waals surface area contributed by atoms with Gasteiger partial charge in [0.15, 0.2) is 6.61 Å². The number of ether oxygens (including phenoxy) is 1. The minimum Gasteiger partial charge on any atom is -0.484 e. The highest BCUT2D eigenvalue weighted by Gasteiger charge is 2.07. The number of hydrogen-bond donors (Lipinski definition) is 3. The summed E-state index contributed by atoms with van der Waals surface area (Å²) in [6.07, 6.45) is 1.86. The summed E-state index contributed by atoms with van der Waals surface area (Å²) < 4.78 is 5.29. The maximum atomic E-state index is 11.5. The normalized spacial score (nSPS) is 9.90. The van der Waals surface area contributed by atoms with Crippen molar-refractivity contribution in [3.05, 3.63) is 29.8 Å². The molecular weight excluding hydrogens is 258 g/mol. The van der Waals surface area contributed by atoms with Gasteiger partial charge in [0.1, 0.15) is 5.75 Å². The molecular formula is C14H21N3O3. The van der Waals surface area contributed by atoms with Gasteiger partial charge in [-0.25, -0.2) is 4.79 Å². The monoisotopic (exact) mass is 279 g/mol. The van der Waals surface area contributed by atoms with Crippen molar-refractivity contribution in [3.8, 4) is 5.75 Å². The zero-order chi connectivity index (χ0) is 14.8. The second-order valence-corrected chi connectivity index (χ2v) is 4.30. The van der Waals surface area contributed by atoms with Crippen molar-refractivity contribution >= 4 is 11.9 Å². The van der Waals surface area contributed by atoms with Crippen LogP contribution < -0.4 is 21.1 Å². The van der Waals surface area contributed by atoms with Crippen molar-refractivity contribution in [2.75, 3.05) is 13.2 Å². The number of unbranched alkanes of at least 4 members (excludes halogenated alkanes) is 1. The third-order valence-corrected chi connectivity index (χ3v) is 2.57. The maximum absolute atomic E-state index is 11.5. The van der Waals surface area contributed by atoms with Crippen molar-refractivity contribution in [2.45, 2.75) is 26.3 Å². The van der Waals surface area contributed by atoms with E-state index in [1.54, 1.807) is 18.2 Å². The zero-order valence-corrected chi connectivity index (χ0v) is 11.6. The predicted molar refractivity (Wildman–Crippen MR) is 76.3 cm³/mol. The summed E-state index contributed by atoms with van der Waals surface area (Å²) in [5.41, 5.74) is 6.43. The molecule has 0 aliphatic heterocycles. The van der Waals surface area contributed by atoms with Gasteiger partial charge >= 0.3 is 6.03 Å². The van der Waals surface area contributed by atoms with E-state index < -0.39 is 11.9 Å². The lowest BCUT2D eigenvalue weighted by atomic mass is 10.2. The van der Waals surface area contributed by atoms with Crippen LogP contribution in [0.15, 0.2) is 24.3 Å². The molecule has 0 heterocycles. The lowest BCUT2D eigenvalue weighted by molar-refractivity contribution is -0.122. The van der Waals surface area contributed by atoms with Gasteiger partial charge in [-0.15, -0.1) is 0 Å². The van der Waals surface area contributed by atoms with E-state index in [1.807, 2.05) is 13.0 Å². The molecule has 0 fully saturated rings. The molecule has 110 valence electrons. The Bertz CT molecular complexity index is 449. The number of imide groups is 1. The largest absolute Gasteiger partial charge is 0.484 e. The van der Waals surface area contributed by atoms with E-state index >= 15 is 0 Å². The molecule has 0 atom stereocenters. The molecule has 1 aromatic rings. The first kappa shape index (κ1) is 16.0. The topological polar surface area (TPSA) is 93.5 Å². The van der Waals surface area contributed by atoms with Gasteiger partial charge < -0.3 is 15.8 Å². The Hall–Kier alpha value is -2.08. The van der Waals surface area contributed by atoms with E-state index in [9.17, 15) is 9.59 Å². The fourth-order valence-corrected chi connectivity index (χ4v) is 1.50. The highest BCUT2D eigenvalue weighted by Crippen LogP contribution is 2.12. The van der Waals surface area contributed by atoms with Gasteiger partial charge in [-0.3, -0.25) is 10.1 Å². The highest BCUT2D eigenvalue weighted by molar-refractivity contribution is 5.94. The van der Waals surface area contributed by atoms with Gasteiger partial charge in [-0.05, 0) is 24.1 Å². The van der Waals surface area contributed by atoms with Crippen molar-refractivity contribution in [2.24, 2.45) is 5.73 Å². The smallest absolute Gasteiger partial charge is 0.321 e. The number of carbonyl (C=O) groups is 2. The van der Waals surface area contributed by atoms with Gasteiger partial charge in [0.25, 0.3) is 5.91 Å². The Morgan fingerprint density at radius 2 is 2.15 bits per heavy atom. The summed E-state index contributed by atoms with van der Waals surface area (Å²) in [5, 5.41) is 4.79. The Morgan fingerprint density at radius 3 is 2.85 bits per heavy atom. The molecule has 3 amide bonds. The molecule has 0 radical (unpaired) electrons. The van der Waals surface area contributed by atoms with E-state index in [0.717, 1.165) is 18.4 Å². The van der Waals surface area contributed by atoms with Crippen LogP contribution in [0.1, 0.15) is 25.3 Å². The molecule has 0 bridgehead atoms. The molecule has 6 nitrogen and oxygen atoms in total. The van der Waals surface area contributed by atoms with Crippen LogP contribution in [-0.4, -0.2) is 25.1 Å². The lowest BCUT2D eigenvalue weighted by Gasteiger charge is -2.08. The number of urea groups is 1. The Morgan fingerprint density at radius 1 is 1.35 bits per heavy atom. The third kappa shape index (κ3) is 6.19. The second kappa shape index (κ2) is 8.92. The van der Waals surface area contributed by atoms with Crippen LogP contribution in [-0.2, 0) is 11.3 Å². The molecule has 0 saturated carbocycles. The number of benzene rings is 1. The fourth-order valence-electron chi connectivity index (χ4n) is 1.50. The summed E-state index contributed by atoms with van der Waals surface area (Å²) >= 11 is 0. The van der Waals surface area contributed by atoms with Crippen LogP contribution in [0.5, 0.6) is 5.75 Å². The number of nitrogens with two attached hydrogens (primary N) is 1. The first-order valence-electron chi connectivity index (χ1n) is 6.65. The lowest BCUT2D eigenvalue weighted by Crippen LogP contribution is -2.41. The molecule has 0 aliphatic carbocycles. The molecule has 0 unspecified atom stereocenters. The predicted octanol–water partition coefficient (Wildman–Crippen LogP) is 1.15. The van der Waals surface area contributed by atoms with E-state index in [4.69, 9.17) is 10.5 Å². The van der Waals surface area contributed by atoms with Crippen LogP contribution in [0.3, 0.4) is 0 Å². The minimum absolute atomic E-state index is 0.213. The first-order chi connectivity index (χ1) is 9.65. The summed E-state index contributed by atoms with van der Waals surface area (Å²) in [6.45, 7) is 2.77. The van der Waals surface area contributed by atoms with Crippen molar-refractivity contribution in [1.82, 2.24) is 10.6 Å². The standard InChI is InChI=1S/C14H21N3O3/c1-2-3-7-16-14(19)17-13(18)10-20-12-6-4-5-11(8-12)9-15/h4-6,8H,2-3,7,9-10,15H2,1H3,(H2,16,17,18,19). The van der Waals surface area contributed by atoms with Crippen LogP contribution in [0.25, 0.3) is 0 Å². The number of nitrogens with one attached hydrogen (secondary N) is 2.